The number of carbonyl (C=O) groups excluding carboxylic acids is 1. The summed E-state index contributed by atoms with van der Waals surface area (Å²) in [5.41, 5.74) is 1.80. The number of benzene rings is 1. The average molecular weight is 341 g/mol. The second-order valence-electron chi connectivity index (χ2n) is 8.45. The molecule has 1 aromatic carbocycles. The van der Waals surface area contributed by atoms with E-state index in [1.807, 2.05) is 18.2 Å². The van der Waals surface area contributed by atoms with E-state index in [4.69, 9.17) is 4.43 Å². The standard InChI is InChI=1S/C21H28O2Si/c1-14-17(23-24(4,5)6)12-13-21(3)15(2)19(18(14)20(21)22)16-10-8-7-9-11-16/h7-12,14,18-19H,2,13H2,1,3-6H3/t14-,18-,19-,21-/m1/s1. The summed E-state index contributed by atoms with van der Waals surface area (Å²) in [4.78, 5) is 13.3. The van der Waals surface area contributed by atoms with Crippen LogP contribution in [0.1, 0.15) is 31.7 Å². The van der Waals surface area contributed by atoms with Gasteiger partial charge in [-0.1, -0.05) is 49.4 Å². The number of Topliss-reactive ketones (excluding diaryl/α,β-unsaturated/α-hetero) is 1. The zero-order valence-electron chi connectivity index (χ0n) is 15.4. The van der Waals surface area contributed by atoms with Gasteiger partial charge in [0, 0.05) is 17.8 Å². The molecule has 1 saturated carbocycles. The summed E-state index contributed by atoms with van der Waals surface area (Å²) in [5.74, 6) is 1.46. The third kappa shape index (κ3) is 2.69. The van der Waals surface area contributed by atoms with Crippen molar-refractivity contribution in [1.29, 1.82) is 0 Å². The second kappa shape index (κ2) is 5.73. The molecule has 0 aliphatic heterocycles. The van der Waals surface area contributed by atoms with E-state index in [2.05, 4.69) is 58.3 Å². The maximum atomic E-state index is 13.3. The number of ketones is 1. The Kier molecular flexibility index (Phi) is 4.11. The van der Waals surface area contributed by atoms with E-state index in [0.717, 1.165) is 11.3 Å². The van der Waals surface area contributed by atoms with Crippen LogP contribution in [0.25, 0.3) is 0 Å². The molecule has 1 fully saturated rings. The molecule has 3 rings (SSSR count). The summed E-state index contributed by atoms with van der Waals surface area (Å²) in [5, 5.41) is 0. The van der Waals surface area contributed by atoms with Gasteiger partial charge < -0.3 is 4.43 Å². The van der Waals surface area contributed by atoms with Gasteiger partial charge in [-0.3, -0.25) is 4.79 Å². The molecule has 0 radical (unpaired) electrons. The van der Waals surface area contributed by atoms with E-state index in [1.54, 1.807) is 0 Å². The molecular weight excluding hydrogens is 312 g/mol. The smallest absolute Gasteiger partial charge is 0.241 e. The molecule has 0 heterocycles. The van der Waals surface area contributed by atoms with Gasteiger partial charge in [-0.05, 0) is 44.6 Å². The van der Waals surface area contributed by atoms with Crippen molar-refractivity contribution in [2.24, 2.45) is 17.3 Å². The van der Waals surface area contributed by atoms with Crippen molar-refractivity contribution >= 4 is 14.1 Å². The van der Waals surface area contributed by atoms with E-state index >= 15 is 0 Å². The number of allylic oxidation sites excluding steroid dienone is 3. The maximum absolute atomic E-state index is 13.3. The van der Waals surface area contributed by atoms with Gasteiger partial charge in [0.25, 0.3) is 0 Å². The third-order valence-electron chi connectivity index (χ3n) is 5.57. The highest BCUT2D eigenvalue weighted by molar-refractivity contribution is 6.70. The van der Waals surface area contributed by atoms with Crippen molar-refractivity contribution in [3.8, 4) is 0 Å². The Balaban J connectivity index is 2.07. The number of fused-ring (bicyclic) bond motifs is 2. The summed E-state index contributed by atoms with van der Waals surface area (Å²) in [7, 11) is -1.70. The van der Waals surface area contributed by atoms with Crippen LogP contribution in [0, 0.1) is 17.3 Å². The summed E-state index contributed by atoms with van der Waals surface area (Å²) in [6, 6.07) is 10.4. The zero-order valence-corrected chi connectivity index (χ0v) is 16.4. The highest BCUT2D eigenvalue weighted by atomic mass is 28.4. The van der Waals surface area contributed by atoms with Crippen LogP contribution in [0.5, 0.6) is 0 Å². The Bertz CT molecular complexity index is 698. The fraction of sp³-hybridized carbons (Fsp3) is 0.476. The van der Waals surface area contributed by atoms with Crippen molar-refractivity contribution in [1.82, 2.24) is 0 Å². The molecule has 2 aliphatic carbocycles. The van der Waals surface area contributed by atoms with Crippen LogP contribution >= 0.6 is 0 Å². The highest BCUT2D eigenvalue weighted by Crippen LogP contribution is 2.58. The number of carbonyl (C=O) groups is 1. The first kappa shape index (κ1) is 17.2. The molecule has 0 N–H and O–H groups in total. The van der Waals surface area contributed by atoms with Crippen molar-refractivity contribution in [3.05, 3.63) is 59.9 Å². The van der Waals surface area contributed by atoms with E-state index in [-0.39, 0.29) is 17.8 Å². The molecule has 0 amide bonds. The molecule has 0 unspecified atom stereocenters. The van der Waals surface area contributed by atoms with E-state index < -0.39 is 13.7 Å². The average Bonchev–Trinajstić information content (AvgIpc) is 2.66. The van der Waals surface area contributed by atoms with Gasteiger partial charge in [-0.15, -0.1) is 0 Å². The summed E-state index contributed by atoms with van der Waals surface area (Å²) in [6.07, 6.45) is 2.86. The van der Waals surface area contributed by atoms with Gasteiger partial charge in [0.05, 0.1) is 11.2 Å². The molecule has 0 aromatic heterocycles. The van der Waals surface area contributed by atoms with Crippen LogP contribution in [-0.2, 0) is 9.22 Å². The van der Waals surface area contributed by atoms with Gasteiger partial charge in [-0.2, -0.15) is 0 Å². The zero-order chi connectivity index (χ0) is 17.7. The van der Waals surface area contributed by atoms with Gasteiger partial charge in [0.2, 0.25) is 8.32 Å². The lowest BCUT2D eigenvalue weighted by molar-refractivity contribution is -0.128. The molecule has 4 atom stereocenters. The van der Waals surface area contributed by atoms with Gasteiger partial charge in [-0.25, -0.2) is 0 Å². The predicted molar refractivity (Wildman–Crippen MR) is 101 cm³/mol. The second-order valence-corrected chi connectivity index (χ2v) is 12.9. The third-order valence-corrected chi connectivity index (χ3v) is 6.42. The van der Waals surface area contributed by atoms with Crippen molar-refractivity contribution < 1.29 is 9.22 Å². The van der Waals surface area contributed by atoms with Crippen molar-refractivity contribution in [2.75, 3.05) is 0 Å². The van der Waals surface area contributed by atoms with Crippen LogP contribution in [0.2, 0.25) is 19.6 Å². The molecule has 2 nitrogen and oxygen atoms in total. The minimum atomic E-state index is -1.70. The number of rotatable bonds is 3. The summed E-state index contributed by atoms with van der Waals surface area (Å²) < 4.78 is 6.35. The van der Waals surface area contributed by atoms with Crippen LogP contribution in [-0.4, -0.2) is 14.1 Å². The minimum Gasteiger partial charge on any atom is -0.547 e. The first-order chi connectivity index (χ1) is 11.1. The normalized spacial score (nSPS) is 33.2. The van der Waals surface area contributed by atoms with Crippen LogP contribution in [0.4, 0.5) is 0 Å². The Hall–Kier alpha value is -1.61. The molecule has 128 valence electrons. The van der Waals surface area contributed by atoms with Crippen molar-refractivity contribution in [3.63, 3.8) is 0 Å². The van der Waals surface area contributed by atoms with Crippen LogP contribution in [0.3, 0.4) is 0 Å². The Morgan fingerprint density at radius 2 is 1.83 bits per heavy atom. The van der Waals surface area contributed by atoms with E-state index in [1.165, 1.54) is 5.56 Å². The highest BCUT2D eigenvalue weighted by Gasteiger charge is 2.56. The predicted octanol–water partition coefficient (Wildman–Crippen LogP) is 5.31. The fourth-order valence-corrected chi connectivity index (χ4v) is 5.19. The quantitative estimate of drug-likeness (QED) is 0.551. The largest absolute Gasteiger partial charge is 0.547 e. The lowest BCUT2D eigenvalue weighted by Crippen LogP contribution is -2.31. The fourth-order valence-electron chi connectivity index (χ4n) is 4.21. The number of hydrogen-bond acceptors (Lipinski definition) is 2. The Morgan fingerprint density at radius 3 is 2.42 bits per heavy atom. The van der Waals surface area contributed by atoms with Crippen LogP contribution < -0.4 is 0 Å². The lowest BCUT2D eigenvalue weighted by Gasteiger charge is -2.32. The maximum Gasteiger partial charge on any atom is 0.241 e. The molecule has 2 aliphatic rings. The molecule has 0 saturated heterocycles. The first-order valence-electron chi connectivity index (χ1n) is 8.83. The van der Waals surface area contributed by atoms with E-state index in [9.17, 15) is 4.79 Å². The Morgan fingerprint density at radius 1 is 1.21 bits per heavy atom. The minimum absolute atomic E-state index is 0.0741. The Labute approximate surface area is 146 Å². The van der Waals surface area contributed by atoms with Gasteiger partial charge in [0.15, 0.2) is 0 Å². The van der Waals surface area contributed by atoms with Crippen molar-refractivity contribution in [2.45, 2.75) is 45.8 Å². The summed E-state index contributed by atoms with van der Waals surface area (Å²) >= 11 is 0. The van der Waals surface area contributed by atoms with Gasteiger partial charge >= 0.3 is 0 Å². The topological polar surface area (TPSA) is 26.3 Å². The lowest BCUT2D eigenvalue weighted by atomic mass is 9.76. The summed E-state index contributed by atoms with van der Waals surface area (Å²) in [6.45, 7) is 15.2. The van der Waals surface area contributed by atoms with Crippen LogP contribution in [0.15, 0.2) is 54.3 Å². The molecule has 2 bridgehead atoms. The number of hydrogen-bond donors (Lipinski definition) is 0. The molecule has 3 heteroatoms. The van der Waals surface area contributed by atoms with Gasteiger partial charge in [0.1, 0.15) is 5.78 Å². The molecule has 0 spiro atoms. The SMILES string of the molecule is C=C1[C@H](c2ccccc2)[C@@H]2C(=O)[C@]1(C)CC=C(O[Si](C)(C)C)[C@H]2C. The molecule has 1 aromatic rings. The molecular formula is C21H28O2Si. The monoisotopic (exact) mass is 340 g/mol. The molecule has 24 heavy (non-hydrogen) atoms. The van der Waals surface area contributed by atoms with E-state index in [0.29, 0.717) is 12.2 Å². The first-order valence-corrected chi connectivity index (χ1v) is 12.2.